The largest absolute Gasteiger partial charge is 0.360 e. The van der Waals surface area contributed by atoms with Crippen molar-refractivity contribution < 1.29 is 4.92 Å². The van der Waals surface area contributed by atoms with Crippen LogP contribution in [0.2, 0.25) is 5.02 Å². The third kappa shape index (κ3) is 3.33. The van der Waals surface area contributed by atoms with E-state index in [1.54, 1.807) is 17.7 Å². The van der Waals surface area contributed by atoms with Crippen molar-refractivity contribution in [3.05, 3.63) is 50.7 Å². The molecule has 1 aromatic heterocycles. The van der Waals surface area contributed by atoms with E-state index in [1.807, 2.05) is 32.0 Å². The number of rotatable bonds is 5. The van der Waals surface area contributed by atoms with E-state index < -0.39 is 4.92 Å². The molecule has 0 aliphatic heterocycles. The van der Waals surface area contributed by atoms with Crippen molar-refractivity contribution in [3.63, 3.8) is 0 Å². The van der Waals surface area contributed by atoms with Gasteiger partial charge in [0, 0.05) is 17.6 Å². The van der Waals surface area contributed by atoms with Crippen molar-refractivity contribution in [3.8, 4) is 0 Å². The van der Waals surface area contributed by atoms with Crippen LogP contribution in [-0.2, 0) is 6.54 Å². The summed E-state index contributed by atoms with van der Waals surface area (Å²) in [4.78, 5) is 10.8. The molecule has 21 heavy (non-hydrogen) atoms. The van der Waals surface area contributed by atoms with Gasteiger partial charge in [-0.1, -0.05) is 23.7 Å². The molecular weight excluding hydrogens is 292 g/mol. The molecule has 112 valence electrons. The van der Waals surface area contributed by atoms with Crippen molar-refractivity contribution in [2.75, 3.05) is 5.32 Å². The highest BCUT2D eigenvalue weighted by Crippen LogP contribution is 2.31. The summed E-state index contributed by atoms with van der Waals surface area (Å²) in [6.45, 7) is 5.95. The Morgan fingerprint density at radius 2 is 2.19 bits per heavy atom. The minimum absolute atomic E-state index is 0.0192. The summed E-state index contributed by atoms with van der Waals surface area (Å²) in [5.74, 6) is 0.424. The summed E-state index contributed by atoms with van der Waals surface area (Å²) in [6.07, 6.45) is 0. The third-order valence-corrected chi connectivity index (χ3v) is 3.31. The molecular formula is C14H17ClN4O2. The predicted molar refractivity (Wildman–Crippen MR) is 82.8 cm³/mol. The Morgan fingerprint density at radius 1 is 1.48 bits per heavy atom. The fraction of sp³-hybridized carbons (Fsp3) is 0.357. The third-order valence-electron chi connectivity index (χ3n) is 3.07. The topological polar surface area (TPSA) is 73.0 Å². The first-order valence-electron chi connectivity index (χ1n) is 6.62. The lowest BCUT2D eigenvalue weighted by Crippen LogP contribution is -2.11. The zero-order chi connectivity index (χ0) is 15.6. The molecule has 1 N–H and O–H groups in total. The van der Waals surface area contributed by atoms with Crippen LogP contribution < -0.4 is 5.32 Å². The fourth-order valence-corrected chi connectivity index (χ4v) is 2.34. The first-order valence-corrected chi connectivity index (χ1v) is 6.99. The van der Waals surface area contributed by atoms with Crippen molar-refractivity contribution in [2.24, 2.45) is 0 Å². The Balaban J connectivity index is 2.32. The van der Waals surface area contributed by atoms with Gasteiger partial charge in [0.15, 0.2) is 0 Å². The molecule has 0 aliphatic carbocycles. The van der Waals surface area contributed by atoms with Gasteiger partial charge in [-0.25, -0.2) is 4.68 Å². The number of hydrogen-bond acceptors (Lipinski definition) is 4. The lowest BCUT2D eigenvalue weighted by Gasteiger charge is -2.12. The molecule has 0 unspecified atom stereocenters. The molecule has 1 heterocycles. The molecule has 0 fully saturated rings. The molecule has 2 rings (SSSR count). The fourth-order valence-electron chi connectivity index (χ4n) is 2.13. The zero-order valence-corrected chi connectivity index (χ0v) is 12.9. The van der Waals surface area contributed by atoms with Gasteiger partial charge in [0.05, 0.1) is 4.92 Å². The molecule has 0 saturated heterocycles. The van der Waals surface area contributed by atoms with Crippen LogP contribution in [0.4, 0.5) is 11.5 Å². The second-order valence-corrected chi connectivity index (χ2v) is 5.50. The number of anilines is 1. The van der Waals surface area contributed by atoms with Crippen molar-refractivity contribution in [1.29, 1.82) is 0 Å². The molecule has 1 aromatic carbocycles. The Bertz CT molecular complexity index is 667. The standard InChI is InChI=1S/C14H17ClN4O2/c1-9(2)18-14(13(19(20)21)10(3)17-18)16-8-11-5-4-6-12(15)7-11/h4-7,9,16H,8H2,1-3H3. The summed E-state index contributed by atoms with van der Waals surface area (Å²) in [7, 11) is 0. The predicted octanol–water partition coefficient (Wildman–Crippen LogP) is 3.95. The number of benzene rings is 1. The van der Waals surface area contributed by atoms with Crippen LogP contribution >= 0.6 is 11.6 Å². The zero-order valence-electron chi connectivity index (χ0n) is 12.1. The number of halogens is 1. The maximum Gasteiger partial charge on any atom is 0.333 e. The van der Waals surface area contributed by atoms with Crippen molar-refractivity contribution in [1.82, 2.24) is 9.78 Å². The monoisotopic (exact) mass is 308 g/mol. The number of nitrogens with zero attached hydrogens (tertiary/aromatic N) is 3. The summed E-state index contributed by atoms with van der Waals surface area (Å²) < 4.78 is 1.64. The van der Waals surface area contributed by atoms with Crippen molar-refractivity contribution in [2.45, 2.75) is 33.4 Å². The second-order valence-electron chi connectivity index (χ2n) is 5.06. The summed E-state index contributed by atoms with van der Waals surface area (Å²) in [5, 5.41) is 19.2. The number of aryl methyl sites for hydroxylation is 1. The molecule has 0 atom stereocenters. The van der Waals surface area contributed by atoms with E-state index >= 15 is 0 Å². The van der Waals surface area contributed by atoms with Gasteiger partial charge < -0.3 is 5.32 Å². The van der Waals surface area contributed by atoms with Gasteiger partial charge in [0.2, 0.25) is 5.82 Å². The first kappa shape index (κ1) is 15.3. The van der Waals surface area contributed by atoms with Crippen LogP contribution in [0.15, 0.2) is 24.3 Å². The second kappa shape index (κ2) is 6.13. The minimum Gasteiger partial charge on any atom is -0.360 e. The smallest absolute Gasteiger partial charge is 0.333 e. The van der Waals surface area contributed by atoms with Crippen molar-refractivity contribution >= 4 is 23.1 Å². The van der Waals surface area contributed by atoms with Gasteiger partial charge in [0.25, 0.3) is 0 Å². The number of aromatic nitrogens is 2. The summed E-state index contributed by atoms with van der Waals surface area (Å²) >= 11 is 5.94. The van der Waals surface area contributed by atoms with Gasteiger partial charge in [-0.3, -0.25) is 10.1 Å². The average molecular weight is 309 g/mol. The summed E-state index contributed by atoms with van der Waals surface area (Å²) in [6, 6.07) is 7.39. The number of hydrogen-bond donors (Lipinski definition) is 1. The summed E-state index contributed by atoms with van der Waals surface area (Å²) in [5.41, 5.74) is 1.37. The van der Waals surface area contributed by atoms with Gasteiger partial charge in [-0.15, -0.1) is 0 Å². The van der Waals surface area contributed by atoms with Crippen LogP contribution in [-0.4, -0.2) is 14.7 Å². The first-order chi connectivity index (χ1) is 9.90. The number of nitro groups is 1. The van der Waals surface area contributed by atoms with Gasteiger partial charge in [-0.2, -0.15) is 5.10 Å². The lowest BCUT2D eigenvalue weighted by atomic mass is 10.2. The van der Waals surface area contributed by atoms with E-state index in [1.165, 1.54) is 0 Å². The van der Waals surface area contributed by atoms with Gasteiger partial charge >= 0.3 is 5.69 Å². The lowest BCUT2D eigenvalue weighted by molar-refractivity contribution is -0.384. The molecule has 0 radical (unpaired) electrons. The van der Waals surface area contributed by atoms with E-state index in [0.29, 0.717) is 23.1 Å². The maximum absolute atomic E-state index is 11.2. The van der Waals surface area contributed by atoms with E-state index in [2.05, 4.69) is 10.4 Å². The quantitative estimate of drug-likeness (QED) is 0.670. The van der Waals surface area contributed by atoms with Crippen LogP contribution in [0.5, 0.6) is 0 Å². The number of nitrogens with one attached hydrogen (secondary N) is 1. The highest BCUT2D eigenvalue weighted by atomic mass is 35.5. The molecule has 2 aromatic rings. The van der Waals surface area contributed by atoms with E-state index in [4.69, 9.17) is 11.6 Å². The molecule has 0 bridgehead atoms. The molecule has 7 heteroatoms. The Kier molecular flexibility index (Phi) is 4.47. The Morgan fingerprint density at radius 3 is 2.76 bits per heavy atom. The maximum atomic E-state index is 11.2. The molecule has 0 aliphatic rings. The Hall–Kier alpha value is -2.08. The molecule has 0 amide bonds. The van der Waals surface area contributed by atoms with Crippen LogP contribution in [0.1, 0.15) is 31.1 Å². The van der Waals surface area contributed by atoms with E-state index in [9.17, 15) is 10.1 Å². The van der Waals surface area contributed by atoms with Crippen LogP contribution in [0.3, 0.4) is 0 Å². The van der Waals surface area contributed by atoms with E-state index in [-0.39, 0.29) is 11.7 Å². The molecule has 6 nitrogen and oxygen atoms in total. The SMILES string of the molecule is Cc1nn(C(C)C)c(NCc2cccc(Cl)c2)c1[N+](=O)[O-]. The van der Waals surface area contributed by atoms with Gasteiger partial charge in [0.1, 0.15) is 5.69 Å². The normalized spacial score (nSPS) is 10.9. The highest BCUT2D eigenvalue weighted by molar-refractivity contribution is 6.30. The average Bonchev–Trinajstić information content (AvgIpc) is 2.73. The van der Waals surface area contributed by atoms with E-state index in [0.717, 1.165) is 5.56 Å². The van der Waals surface area contributed by atoms with Crippen LogP contribution in [0, 0.1) is 17.0 Å². The Labute approximate surface area is 127 Å². The molecule has 0 spiro atoms. The highest BCUT2D eigenvalue weighted by Gasteiger charge is 2.26. The molecule has 0 saturated carbocycles. The van der Waals surface area contributed by atoms with Crippen LogP contribution in [0.25, 0.3) is 0 Å². The minimum atomic E-state index is -0.401. The van der Waals surface area contributed by atoms with Gasteiger partial charge in [-0.05, 0) is 38.5 Å².